The molecule has 0 bridgehead atoms. The number of nitrogens with zero attached hydrogens (tertiary/aromatic N) is 2. The van der Waals surface area contributed by atoms with Gasteiger partial charge in [-0.3, -0.25) is 4.79 Å². The molecule has 0 aromatic carbocycles. The van der Waals surface area contributed by atoms with E-state index in [1.165, 1.54) is 18.1 Å². The summed E-state index contributed by atoms with van der Waals surface area (Å²) in [5, 5.41) is 0.772. The molecule has 0 unspecified atom stereocenters. The molecule has 1 aromatic heterocycles. The van der Waals surface area contributed by atoms with Gasteiger partial charge in [0.1, 0.15) is 10.0 Å². The van der Waals surface area contributed by atoms with Crippen LogP contribution in [0.3, 0.4) is 0 Å². The second-order valence-corrected chi connectivity index (χ2v) is 4.46. The standard InChI is InChI=1S/C8H12ClN3OS/c1-12(2)3-4-14-8-6(9)7(13)10-5-11-8/h5H,3-4H2,1-2H3,(H,10,11,13). The summed E-state index contributed by atoms with van der Waals surface area (Å²) in [7, 11) is 3.99. The lowest BCUT2D eigenvalue weighted by Gasteiger charge is -2.08. The normalized spacial score (nSPS) is 10.9. The number of aromatic amines is 1. The van der Waals surface area contributed by atoms with Crippen LogP contribution in [0.4, 0.5) is 0 Å². The Kier molecular flexibility index (Phi) is 4.44. The Morgan fingerprint density at radius 3 is 3.00 bits per heavy atom. The molecule has 0 aliphatic rings. The van der Waals surface area contributed by atoms with E-state index < -0.39 is 0 Å². The fraction of sp³-hybridized carbons (Fsp3) is 0.500. The van der Waals surface area contributed by atoms with Gasteiger partial charge in [0.05, 0.1) is 6.33 Å². The number of rotatable bonds is 4. The molecule has 0 aliphatic heterocycles. The van der Waals surface area contributed by atoms with Crippen molar-refractivity contribution in [3.63, 3.8) is 0 Å². The summed E-state index contributed by atoms with van der Waals surface area (Å²) in [5.74, 6) is 0.864. The molecule has 0 saturated carbocycles. The van der Waals surface area contributed by atoms with Crippen LogP contribution in [0.2, 0.25) is 5.02 Å². The average molecular weight is 234 g/mol. The predicted octanol–water partition coefficient (Wildman–Crippen LogP) is 1.08. The molecule has 0 amide bonds. The Bertz CT molecular complexity index is 353. The van der Waals surface area contributed by atoms with Crippen molar-refractivity contribution in [2.75, 3.05) is 26.4 Å². The maximum absolute atomic E-state index is 11.1. The molecule has 0 radical (unpaired) electrons. The summed E-state index contributed by atoms with van der Waals surface area (Å²) in [6, 6.07) is 0. The van der Waals surface area contributed by atoms with E-state index in [-0.39, 0.29) is 10.6 Å². The van der Waals surface area contributed by atoms with Crippen LogP contribution in [0.15, 0.2) is 16.1 Å². The van der Waals surface area contributed by atoms with Crippen molar-refractivity contribution in [1.29, 1.82) is 0 Å². The van der Waals surface area contributed by atoms with E-state index in [4.69, 9.17) is 11.6 Å². The van der Waals surface area contributed by atoms with E-state index in [1.807, 2.05) is 14.1 Å². The van der Waals surface area contributed by atoms with Gasteiger partial charge in [0.15, 0.2) is 0 Å². The lowest BCUT2D eigenvalue weighted by molar-refractivity contribution is 0.437. The number of hydrogen-bond acceptors (Lipinski definition) is 4. The average Bonchev–Trinajstić information content (AvgIpc) is 2.12. The van der Waals surface area contributed by atoms with Crippen molar-refractivity contribution in [2.45, 2.75) is 5.03 Å². The minimum atomic E-state index is -0.283. The van der Waals surface area contributed by atoms with Gasteiger partial charge < -0.3 is 9.88 Å². The van der Waals surface area contributed by atoms with Crippen LogP contribution >= 0.6 is 23.4 Å². The maximum atomic E-state index is 11.1. The van der Waals surface area contributed by atoms with Crippen molar-refractivity contribution < 1.29 is 0 Å². The fourth-order valence-electron chi connectivity index (χ4n) is 0.792. The van der Waals surface area contributed by atoms with Gasteiger partial charge in [0.2, 0.25) is 0 Å². The highest BCUT2D eigenvalue weighted by atomic mass is 35.5. The first-order valence-electron chi connectivity index (χ1n) is 4.12. The third-order valence-corrected chi connectivity index (χ3v) is 2.97. The molecule has 1 aromatic rings. The number of nitrogens with one attached hydrogen (secondary N) is 1. The number of thioether (sulfide) groups is 1. The molecular formula is C8H12ClN3OS. The number of hydrogen-bond donors (Lipinski definition) is 1. The predicted molar refractivity (Wildman–Crippen MR) is 59.1 cm³/mol. The molecule has 1 rings (SSSR count). The molecular weight excluding hydrogens is 222 g/mol. The third-order valence-electron chi connectivity index (χ3n) is 1.54. The highest BCUT2D eigenvalue weighted by Crippen LogP contribution is 2.20. The molecule has 14 heavy (non-hydrogen) atoms. The van der Waals surface area contributed by atoms with Crippen molar-refractivity contribution in [2.24, 2.45) is 0 Å². The van der Waals surface area contributed by atoms with Crippen molar-refractivity contribution in [3.8, 4) is 0 Å². The zero-order valence-corrected chi connectivity index (χ0v) is 9.65. The molecule has 78 valence electrons. The first-order valence-corrected chi connectivity index (χ1v) is 5.48. The highest BCUT2D eigenvalue weighted by Gasteiger charge is 2.05. The quantitative estimate of drug-likeness (QED) is 0.625. The van der Waals surface area contributed by atoms with E-state index in [9.17, 15) is 4.79 Å². The summed E-state index contributed by atoms with van der Waals surface area (Å²) in [6.07, 6.45) is 1.37. The van der Waals surface area contributed by atoms with E-state index in [2.05, 4.69) is 14.9 Å². The highest BCUT2D eigenvalue weighted by molar-refractivity contribution is 7.99. The van der Waals surface area contributed by atoms with Crippen LogP contribution in [0, 0.1) is 0 Å². The SMILES string of the molecule is CN(C)CCSc1nc[nH]c(=O)c1Cl. The van der Waals surface area contributed by atoms with Gasteiger partial charge in [-0.25, -0.2) is 4.98 Å². The van der Waals surface area contributed by atoms with Crippen molar-refractivity contribution >= 4 is 23.4 Å². The second-order valence-electron chi connectivity index (χ2n) is 3.00. The zero-order chi connectivity index (χ0) is 10.6. The molecule has 1 N–H and O–H groups in total. The van der Waals surface area contributed by atoms with Crippen molar-refractivity contribution in [3.05, 3.63) is 21.7 Å². The first-order chi connectivity index (χ1) is 6.61. The Balaban J connectivity index is 2.59. The molecule has 4 nitrogen and oxygen atoms in total. The smallest absolute Gasteiger partial charge is 0.270 e. The van der Waals surface area contributed by atoms with Crippen LogP contribution in [0.25, 0.3) is 0 Å². The van der Waals surface area contributed by atoms with Gasteiger partial charge in [-0.15, -0.1) is 11.8 Å². The molecule has 0 spiro atoms. The van der Waals surface area contributed by atoms with Crippen LogP contribution < -0.4 is 5.56 Å². The number of aromatic nitrogens is 2. The lowest BCUT2D eigenvalue weighted by atomic mass is 10.6. The van der Waals surface area contributed by atoms with Gasteiger partial charge in [0, 0.05) is 12.3 Å². The Morgan fingerprint density at radius 1 is 1.64 bits per heavy atom. The fourth-order valence-corrected chi connectivity index (χ4v) is 2.06. The molecule has 1 heterocycles. The lowest BCUT2D eigenvalue weighted by Crippen LogP contribution is -2.15. The third kappa shape index (κ3) is 3.32. The summed E-state index contributed by atoms with van der Waals surface area (Å²) in [6.45, 7) is 0.926. The number of halogens is 1. The molecule has 0 atom stereocenters. The Hall–Kier alpha value is -0.520. The summed E-state index contributed by atoms with van der Waals surface area (Å²) in [4.78, 5) is 19.6. The number of H-pyrrole nitrogens is 1. The van der Waals surface area contributed by atoms with Gasteiger partial charge in [0.25, 0.3) is 5.56 Å². The Labute approximate surface area is 91.7 Å². The largest absolute Gasteiger partial charge is 0.312 e. The van der Waals surface area contributed by atoms with E-state index in [1.54, 1.807) is 0 Å². The van der Waals surface area contributed by atoms with Crippen LogP contribution in [-0.2, 0) is 0 Å². The van der Waals surface area contributed by atoms with Crippen LogP contribution in [-0.4, -0.2) is 41.3 Å². The summed E-state index contributed by atoms with van der Waals surface area (Å²) < 4.78 is 0. The summed E-state index contributed by atoms with van der Waals surface area (Å²) in [5.41, 5.74) is -0.283. The molecule has 6 heteroatoms. The molecule has 0 saturated heterocycles. The van der Waals surface area contributed by atoms with Crippen LogP contribution in [0.5, 0.6) is 0 Å². The van der Waals surface area contributed by atoms with Gasteiger partial charge in [-0.1, -0.05) is 11.6 Å². The first kappa shape index (κ1) is 11.6. The monoisotopic (exact) mass is 233 g/mol. The van der Waals surface area contributed by atoms with Crippen molar-refractivity contribution in [1.82, 2.24) is 14.9 Å². The van der Waals surface area contributed by atoms with Gasteiger partial charge >= 0.3 is 0 Å². The van der Waals surface area contributed by atoms with E-state index in [0.29, 0.717) is 5.03 Å². The molecule has 0 aliphatic carbocycles. The second kappa shape index (κ2) is 5.38. The minimum absolute atomic E-state index is 0.177. The van der Waals surface area contributed by atoms with E-state index in [0.717, 1.165) is 12.3 Å². The molecule has 0 fully saturated rings. The zero-order valence-electron chi connectivity index (χ0n) is 8.08. The van der Waals surface area contributed by atoms with Crippen LogP contribution in [0.1, 0.15) is 0 Å². The van der Waals surface area contributed by atoms with Gasteiger partial charge in [-0.2, -0.15) is 0 Å². The topological polar surface area (TPSA) is 49.0 Å². The van der Waals surface area contributed by atoms with Gasteiger partial charge in [-0.05, 0) is 14.1 Å². The van der Waals surface area contributed by atoms with E-state index >= 15 is 0 Å². The maximum Gasteiger partial charge on any atom is 0.270 e. The summed E-state index contributed by atoms with van der Waals surface area (Å²) >= 11 is 7.25. The Morgan fingerprint density at radius 2 is 2.36 bits per heavy atom. The minimum Gasteiger partial charge on any atom is -0.312 e.